The van der Waals surface area contributed by atoms with Crippen molar-refractivity contribution < 1.29 is 9.18 Å². The Morgan fingerprint density at radius 1 is 1.44 bits per heavy atom. The van der Waals surface area contributed by atoms with Crippen LogP contribution < -0.4 is 5.73 Å². The average Bonchev–Trinajstić information content (AvgIpc) is 2.35. The highest BCUT2D eigenvalue weighted by Gasteiger charge is 2.26. The van der Waals surface area contributed by atoms with Crippen LogP contribution in [0.1, 0.15) is 18.9 Å². The number of benzene rings is 1. The number of amides is 1. The van der Waals surface area contributed by atoms with Crippen LogP contribution in [0.4, 0.5) is 4.39 Å². The molecule has 0 saturated carbocycles. The molecule has 2 rings (SSSR count). The summed E-state index contributed by atoms with van der Waals surface area (Å²) in [6.07, 6.45) is 1.28. The van der Waals surface area contributed by atoms with Gasteiger partial charge < -0.3 is 10.6 Å². The van der Waals surface area contributed by atoms with E-state index in [9.17, 15) is 9.18 Å². The normalized spacial score (nSPS) is 24.1. The molecular weight excluding hydrogens is 231 g/mol. The molecule has 0 radical (unpaired) electrons. The molecule has 1 heterocycles. The lowest BCUT2D eigenvalue weighted by Crippen LogP contribution is -2.50. The van der Waals surface area contributed by atoms with E-state index < -0.39 is 0 Å². The molecule has 1 saturated heterocycles. The van der Waals surface area contributed by atoms with Gasteiger partial charge in [-0.2, -0.15) is 0 Å². The Balaban J connectivity index is 1.94. The van der Waals surface area contributed by atoms with E-state index in [0.717, 1.165) is 18.5 Å². The van der Waals surface area contributed by atoms with Gasteiger partial charge in [0.15, 0.2) is 0 Å². The van der Waals surface area contributed by atoms with Gasteiger partial charge in [0.05, 0.1) is 6.42 Å². The molecule has 0 spiro atoms. The Bertz CT molecular complexity index is 418. The van der Waals surface area contributed by atoms with Crippen LogP contribution in [0.3, 0.4) is 0 Å². The average molecular weight is 250 g/mol. The van der Waals surface area contributed by atoms with Gasteiger partial charge in [-0.1, -0.05) is 19.1 Å². The van der Waals surface area contributed by atoms with Gasteiger partial charge in [-0.05, 0) is 30.0 Å². The molecule has 0 aliphatic carbocycles. The van der Waals surface area contributed by atoms with Crippen LogP contribution in [0.15, 0.2) is 24.3 Å². The van der Waals surface area contributed by atoms with Crippen molar-refractivity contribution in [1.29, 1.82) is 0 Å². The van der Waals surface area contributed by atoms with Crippen LogP contribution in [0.2, 0.25) is 0 Å². The first-order chi connectivity index (χ1) is 8.56. The first-order valence-corrected chi connectivity index (χ1v) is 6.34. The number of hydrogen-bond donors (Lipinski definition) is 1. The number of nitrogens with zero attached hydrogens (tertiary/aromatic N) is 1. The lowest BCUT2D eigenvalue weighted by Gasteiger charge is -2.35. The van der Waals surface area contributed by atoms with E-state index in [-0.39, 0.29) is 17.8 Å². The summed E-state index contributed by atoms with van der Waals surface area (Å²) in [4.78, 5) is 13.9. The molecule has 0 bridgehead atoms. The fraction of sp³-hybridized carbons (Fsp3) is 0.500. The number of likely N-dealkylation sites (tertiary alicyclic amines) is 1. The van der Waals surface area contributed by atoms with Crippen LogP contribution in [0.25, 0.3) is 0 Å². The van der Waals surface area contributed by atoms with Crippen molar-refractivity contribution in [2.45, 2.75) is 25.8 Å². The Morgan fingerprint density at radius 3 is 2.72 bits per heavy atom. The third-order valence-electron chi connectivity index (χ3n) is 3.64. The Hall–Kier alpha value is -1.42. The maximum atomic E-state index is 12.8. The second kappa shape index (κ2) is 5.48. The number of piperidine rings is 1. The number of hydrogen-bond acceptors (Lipinski definition) is 2. The molecule has 1 amide bonds. The van der Waals surface area contributed by atoms with E-state index in [0.29, 0.717) is 18.9 Å². The Morgan fingerprint density at radius 2 is 2.11 bits per heavy atom. The Labute approximate surface area is 107 Å². The molecule has 1 aromatic carbocycles. The van der Waals surface area contributed by atoms with Crippen molar-refractivity contribution in [3.8, 4) is 0 Å². The number of nitrogens with two attached hydrogens (primary N) is 1. The smallest absolute Gasteiger partial charge is 0.227 e. The zero-order valence-corrected chi connectivity index (χ0v) is 10.6. The molecule has 2 N–H and O–H groups in total. The van der Waals surface area contributed by atoms with Gasteiger partial charge in [0.1, 0.15) is 5.82 Å². The first-order valence-electron chi connectivity index (χ1n) is 6.34. The summed E-state index contributed by atoms with van der Waals surface area (Å²) in [6, 6.07) is 6.13. The second-order valence-electron chi connectivity index (χ2n) is 5.07. The maximum Gasteiger partial charge on any atom is 0.227 e. The lowest BCUT2D eigenvalue weighted by molar-refractivity contribution is -0.132. The molecule has 1 fully saturated rings. The molecule has 1 aliphatic rings. The predicted molar refractivity (Wildman–Crippen MR) is 68.4 cm³/mol. The summed E-state index contributed by atoms with van der Waals surface area (Å²) in [5.74, 6) is 0.267. The van der Waals surface area contributed by atoms with Crippen LogP contribution in [-0.4, -0.2) is 29.9 Å². The van der Waals surface area contributed by atoms with Crippen LogP contribution in [-0.2, 0) is 11.2 Å². The molecular formula is C14H19FN2O. The highest BCUT2D eigenvalue weighted by molar-refractivity contribution is 5.78. The van der Waals surface area contributed by atoms with Gasteiger partial charge in [0, 0.05) is 19.1 Å². The summed E-state index contributed by atoms with van der Waals surface area (Å²) in [5.41, 5.74) is 6.82. The SMILES string of the molecule is CC1CCN(C(=O)Cc2ccc(F)cc2)CC1N. The van der Waals surface area contributed by atoms with Gasteiger partial charge in [0.2, 0.25) is 5.91 Å². The number of halogens is 1. The van der Waals surface area contributed by atoms with Gasteiger partial charge in [-0.25, -0.2) is 4.39 Å². The number of carbonyl (C=O) groups is 1. The van der Waals surface area contributed by atoms with E-state index in [4.69, 9.17) is 5.73 Å². The summed E-state index contributed by atoms with van der Waals surface area (Å²) in [5, 5.41) is 0. The zero-order valence-electron chi connectivity index (χ0n) is 10.6. The minimum absolute atomic E-state index is 0.0657. The minimum Gasteiger partial charge on any atom is -0.341 e. The number of rotatable bonds is 2. The van der Waals surface area contributed by atoms with Crippen LogP contribution in [0.5, 0.6) is 0 Å². The maximum absolute atomic E-state index is 12.8. The highest BCUT2D eigenvalue weighted by atomic mass is 19.1. The van der Waals surface area contributed by atoms with Gasteiger partial charge >= 0.3 is 0 Å². The first kappa shape index (κ1) is 13.0. The molecule has 18 heavy (non-hydrogen) atoms. The van der Waals surface area contributed by atoms with Crippen LogP contribution >= 0.6 is 0 Å². The molecule has 98 valence electrons. The molecule has 1 aliphatic heterocycles. The fourth-order valence-electron chi connectivity index (χ4n) is 2.21. The van der Waals surface area contributed by atoms with Gasteiger partial charge in [0.25, 0.3) is 0 Å². The monoisotopic (exact) mass is 250 g/mol. The minimum atomic E-state index is -0.278. The fourth-order valence-corrected chi connectivity index (χ4v) is 2.21. The van der Waals surface area contributed by atoms with Crippen LogP contribution in [0, 0.1) is 11.7 Å². The van der Waals surface area contributed by atoms with Crippen molar-refractivity contribution in [1.82, 2.24) is 4.90 Å². The molecule has 4 heteroatoms. The van der Waals surface area contributed by atoms with Crippen molar-refractivity contribution in [3.05, 3.63) is 35.6 Å². The van der Waals surface area contributed by atoms with Crippen molar-refractivity contribution in [2.75, 3.05) is 13.1 Å². The number of carbonyl (C=O) groups excluding carboxylic acids is 1. The van der Waals surface area contributed by atoms with E-state index in [1.165, 1.54) is 12.1 Å². The molecule has 1 aromatic rings. The van der Waals surface area contributed by atoms with E-state index >= 15 is 0 Å². The third-order valence-corrected chi connectivity index (χ3v) is 3.64. The van der Waals surface area contributed by atoms with Gasteiger partial charge in [-0.15, -0.1) is 0 Å². The lowest BCUT2D eigenvalue weighted by atomic mass is 9.94. The molecule has 3 nitrogen and oxygen atoms in total. The third kappa shape index (κ3) is 3.07. The molecule has 0 aromatic heterocycles. The second-order valence-corrected chi connectivity index (χ2v) is 5.07. The summed E-state index contributed by atoms with van der Waals surface area (Å²) >= 11 is 0. The van der Waals surface area contributed by atoms with Gasteiger partial charge in [-0.3, -0.25) is 4.79 Å². The summed E-state index contributed by atoms with van der Waals surface area (Å²) < 4.78 is 12.8. The molecule has 2 unspecified atom stereocenters. The highest BCUT2D eigenvalue weighted by Crippen LogP contribution is 2.16. The topological polar surface area (TPSA) is 46.3 Å². The molecule has 2 atom stereocenters. The largest absolute Gasteiger partial charge is 0.341 e. The van der Waals surface area contributed by atoms with E-state index in [1.807, 2.05) is 4.90 Å². The summed E-state index contributed by atoms with van der Waals surface area (Å²) in [6.45, 7) is 3.52. The van der Waals surface area contributed by atoms with E-state index in [2.05, 4.69) is 6.92 Å². The van der Waals surface area contributed by atoms with Crippen molar-refractivity contribution in [3.63, 3.8) is 0 Å². The predicted octanol–water partition coefficient (Wildman–Crippen LogP) is 1.56. The zero-order chi connectivity index (χ0) is 13.1. The van der Waals surface area contributed by atoms with Crippen molar-refractivity contribution in [2.24, 2.45) is 11.7 Å². The standard InChI is InChI=1S/C14H19FN2O/c1-10-6-7-17(9-13(10)16)14(18)8-11-2-4-12(15)5-3-11/h2-5,10,13H,6-9,16H2,1H3. The Kier molecular flexibility index (Phi) is 3.97. The van der Waals surface area contributed by atoms with Crippen molar-refractivity contribution >= 4 is 5.91 Å². The van der Waals surface area contributed by atoms with E-state index in [1.54, 1.807) is 12.1 Å². The quantitative estimate of drug-likeness (QED) is 0.866. The summed E-state index contributed by atoms with van der Waals surface area (Å²) in [7, 11) is 0.